The van der Waals surface area contributed by atoms with Crippen LogP contribution in [0.1, 0.15) is 29.4 Å². The van der Waals surface area contributed by atoms with Crippen LogP contribution in [0.2, 0.25) is 5.02 Å². The van der Waals surface area contributed by atoms with Gasteiger partial charge in [-0.15, -0.1) is 11.8 Å². The van der Waals surface area contributed by atoms with Gasteiger partial charge in [-0.25, -0.2) is 0 Å². The van der Waals surface area contributed by atoms with Gasteiger partial charge in [0.1, 0.15) is 0 Å². The molecule has 1 unspecified atom stereocenters. The number of benzene rings is 2. The molecule has 1 amide bonds. The van der Waals surface area contributed by atoms with Crippen molar-refractivity contribution in [3.8, 4) is 0 Å². The highest BCUT2D eigenvalue weighted by Gasteiger charge is 2.17. The summed E-state index contributed by atoms with van der Waals surface area (Å²) in [6.07, 6.45) is 0. The van der Waals surface area contributed by atoms with E-state index in [1.165, 1.54) is 17.3 Å². The molecule has 0 spiro atoms. The molecule has 146 valence electrons. The summed E-state index contributed by atoms with van der Waals surface area (Å²) in [5.74, 6) is 0.00885. The van der Waals surface area contributed by atoms with Gasteiger partial charge in [-0.05, 0) is 50.6 Å². The summed E-state index contributed by atoms with van der Waals surface area (Å²) < 4.78 is 2.00. The molecule has 1 N–H and O–H groups in total. The molecule has 0 saturated heterocycles. The summed E-state index contributed by atoms with van der Waals surface area (Å²) in [5, 5.41) is 8.20. The molecule has 3 rings (SSSR count). The lowest BCUT2D eigenvalue weighted by atomic mass is 10.2. The average Bonchev–Trinajstić information content (AvgIpc) is 2.95. The van der Waals surface area contributed by atoms with E-state index < -0.39 is 0 Å². The van der Waals surface area contributed by atoms with Crippen LogP contribution in [0.25, 0.3) is 0 Å². The number of nitrogens with zero attached hydrogens (tertiary/aromatic N) is 2. The van der Waals surface area contributed by atoms with E-state index in [1.807, 2.05) is 61.0 Å². The van der Waals surface area contributed by atoms with Crippen LogP contribution in [0.3, 0.4) is 0 Å². The molecule has 0 aliphatic rings. The Morgan fingerprint density at radius 3 is 2.50 bits per heavy atom. The third kappa shape index (κ3) is 5.18. The summed E-state index contributed by atoms with van der Waals surface area (Å²) in [5.41, 5.74) is 4.32. The summed E-state index contributed by atoms with van der Waals surface area (Å²) in [4.78, 5) is 13.5. The van der Waals surface area contributed by atoms with E-state index in [-0.39, 0.29) is 11.2 Å². The van der Waals surface area contributed by atoms with Crippen LogP contribution in [-0.2, 0) is 17.9 Å². The Morgan fingerprint density at radius 1 is 1.14 bits per heavy atom. The Labute approximate surface area is 175 Å². The van der Waals surface area contributed by atoms with Crippen LogP contribution in [0.15, 0.2) is 59.5 Å². The topological polar surface area (TPSA) is 46.9 Å². The van der Waals surface area contributed by atoms with Gasteiger partial charge >= 0.3 is 0 Å². The van der Waals surface area contributed by atoms with Gasteiger partial charge in [-0.3, -0.25) is 9.48 Å². The van der Waals surface area contributed by atoms with Crippen molar-refractivity contribution in [2.45, 2.75) is 44.0 Å². The highest BCUT2D eigenvalue weighted by atomic mass is 35.5. The fraction of sp³-hybridized carbons (Fsp3) is 0.273. The number of hydrogen-bond donors (Lipinski definition) is 1. The van der Waals surface area contributed by atoms with Gasteiger partial charge in [-0.1, -0.05) is 41.9 Å². The molecule has 1 heterocycles. The van der Waals surface area contributed by atoms with Crippen molar-refractivity contribution < 1.29 is 4.79 Å². The SMILES string of the molecule is Cc1nn(Cc2ccccc2)c(C)c1CNC(=O)C(C)Sc1ccc(Cl)cc1. The number of halogens is 1. The minimum atomic E-state index is -0.193. The van der Waals surface area contributed by atoms with Gasteiger partial charge in [-0.2, -0.15) is 5.10 Å². The molecule has 0 aliphatic heterocycles. The fourth-order valence-electron chi connectivity index (χ4n) is 2.99. The maximum Gasteiger partial charge on any atom is 0.233 e. The number of thioether (sulfide) groups is 1. The first-order chi connectivity index (χ1) is 13.4. The molecule has 2 aromatic carbocycles. The van der Waals surface area contributed by atoms with E-state index >= 15 is 0 Å². The number of aryl methyl sites for hydroxylation is 1. The van der Waals surface area contributed by atoms with Crippen LogP contribution in [0.5, 0.6) is 0 Å². The van der Waals surface area contributed by atoms with E-state index in [0.29, 0.717) is 11.6 Å². The molecule has 1 aromatic heterocycles. The van der Waals surface area contributed by atoms with E-state index in [4.69, 9.17) is 11.6 Å². The molecule has 0 saturated carbocycles. The molecule has 6 heteroatoms. The minimum Gasteiger partial charge on any atom is -0.351 e. The highest BCUT2D eigenvalue weighted by Crippen LogP contribution is 2.25. The van der Waals surface area contributed by atoms with Gasteiger partial charge in [0.25, 0.3) is 0 Å². The largest absolute Gasteiger partial charge is 0.351 e. The zero-order chi connectivity index (χ0) is 20.1. The summed E-state index contributed by atoms with van der Waals surface area (Å²) in [6.45, 7) is 7.16. The van der Waals surface area contributed by atoms with Crippen molar-refractivity contribution in [3.63, 3.8) is 0 Å². The second-order valence-corrected chi connectivity index (χ2v) is 8.58. The molecule has 0 radical (unpaired) electrons. The molecule has 0 bridgehead atoms. The molecule has 3 aromatic rings. The van der Waals surface area contributed by atoms with Crippen LogP contribution in [0.4, 0.5) is 0 Å². The maximum absolute atomic E-state index is 12.5. The second-order valence-electron chi connectivity index (χ2n) is 6.72. The monoisotopic (exact) mass is 413 g/mol. The second kappa shape index (κ2) is 9.30. The van der Waals surface area contributed by atoms with Crippen molar-refractivity contribution in [2.24, 2.45) is 0 Å². The van der Waals surface area contributed by atoms with Crippen molar-refractivity contribution in [2.75, 3.05) is 0 Å². The van der Waals surface area contributed by atoms with Crippen LogP contribution < -0.4 is 5.32 Å². The third-order valence-corrected chi connectivity index (χ3v) is 6.01. The van der Waals surface area contributed by atoms with E-state index in [0.717, 1.165) is 28.4 Å². The van der Waals surface area contributed by atoms with E-state index in [1.54, 1.807) is 0 Å². The Bertz CT molecular complexity index is 938. The fourth-order valence-corrected chi connectivity index (χ4v) is 4.01. The summed E-state index contributed by atoms with van der Waals surface area (Å²) in [7, 11) is 0. The van der Waals surface area contributed by atoms with Gasteiger partial charge in [0, 0.05) is 27.7 Å². The van der Waals surface area contributed by atoms with Crippen LogP contribution >= 0.6 is 23.4 Å². The quantitative estimate of drug-likeness (QED) is 0.554. The molecule has 4 nitrogen and oxygen atoms in total. The van der Waals surface area contributed by atoms with Gasteiger partial charge < -0.3 is 5.32 Å². The number of nitrogens with one attached hydrogen (secondary N) is 1. The predicted molar refractivity (Wildman–Crippen MR) is 116 cm³/mol. The molecular formula is C22H24ClN3OS. The Kier molecular flexibility index (Phi) is 6.81. The zero-order valence-corrected chi connectivity index (χ0v) is 17.8. The van der Waals surface area contributed by atoms with Crippen molar-refractivity contribution in [1.82, 2.24) is 15.1 Å². The molecular weight excluding hydrogens is 390 g/mol. The smallest absolute Gasteiger partial charge is 0.233 e. The lowest BCUT2D eigenvalue weighted by molar-refractivity contribution is -0.120. The van der Waals surface area contributed by atoms with Gasteiger partial charge in [0.2, 0.25) is 5.91 Å². The average molecular weight is 414 g/mol. The number of rotatable bonds is 7. The predicted octanol–water partition coefficient (Wildman–Crippen LogP) is 5.00. The highest BCUT2D eigenvalue weighted by molar-refractivity contribution is 8.00. The van der Waals surface area contributed by atoms with Crippen molar-refractivity contribution in [1.29, 1.82) is 0 Å². The number of hydrogen-bond acceptors (Lipinski definition) is 3. The Balaban J connectivity index is 1.60. The van der Waals surface area contributed by atoms with Crippen molar-refractivity contribution in [3.05, 3.63) is 82.1 Å². The maximum atomic E-state index is 12.5. The van der Waals surface area contributed by atoms with Gasteiger partial charge in [0.15, 0.2) is 0 Å². The lowest BCUT2D eigenvalue weighted by Crippen LogP contribution is -2.30. The lowest BCUT2D eigenvalue weighted by Gasteiger charge is -2.12. The minimum absolute atomic E-state index is 0.00885. The third-order valence-electron chi connectivity index (χ3n) is 4.64. The van der Waals surface area contributed by atoms with Crippen LogP contribution in [0, 0.1) is 13.8 Å². The first kappa shape index (κ1) is 20.5. The normalized spacial score (nSPS) is 12.0. The standard InChI is InChI=1S/C22H24ClN3OS/c1-15-21(16(2)26(25-15)14-18-7-5-4-6-8-18)13-24-22(27)17(3)28-20-11-9-19(23)10-12-20/h4-12,17H,13-14H2,1-3H3,(H,24,27). The first-order valence-electron chi connectivity index (χ1n) is 9.21. The number of carbonyl (C=O) groups is 1. The molecule has 0 aliphatic carbocycles. The Morgan fingerprint density at radius 2 is 1.82 bits per heavy atom. The number of amides is 1. The van der Waals surface area contributed by atoms with E-state index in [9.17, 15) is 4.79 Å². The molecule has 1 atom stereocenters. The Hall–Kier alpha value is -2.24. The number of carbonyl (C=O) groups excluding carboxylic acids is 1. The first-order valence-corrected chi connectivity index (χ1v) is 10.5. The van der Waals surface area contributed by atoms with Gasteiger partial charge in [0.05, 0.1) is 17.5 Å². The zero-order valence-electron chi connectivity index (χ0n) is 16.3. The summed E-state index contributed by atoms with van der Waals surface area (Å²) in [6, 6.07) is 17.8. The summed E-state index contributed by atoms with van der Waals surface area (Å²) >= 11 is 7.43. The van der Waals surface area contributed by atoms with Crippen molar-refractivity contribution >= 4 is 29.3 Å². The molecule has 28 heavy (non-hydrogen) atoms. The van der Waals surface area contributed by atoms with E-state index in [2.05, 4.69) is 29.5 Å². The molecule has 0 fully saturated rings. The van der Waals surface area contributed by atoms with Crippen LogP contribution in [-0.4, -0.2) is 20.9 Å². The number of aromatic nitrogens is 2.